The smallest absolute Gasteiger partial charge is 0.146 e. The lowest BCUT2D eigenvalue weighted by molar-refractivity contribution is 0.419. The van der Waals surface area contributed by atoms with E-state index in [1.807, 2.05) is 30.3 Å². The number of fused-ring (bicyclic) bond motifs is 1. The molecular formula is C14H12N4O. The third-order valence-electron chi connectivity index (χ3n) is 2.84. The predicted molar refractivity (Wildman–Crippen MR) is 73.7 cm³/mol. The largest absolute Gasteiger partial charge is 0.494 e. The van der Waals surface area contributed by atoms with Crippen LogP contribution in [0, 0.1) is 0 Å². The van der Waals surface area contributed by atoms with Crippen LogP contribution in [0.1, 0.15) is 0 Å². The lowest BCUT2D eigenvalue weighted by Crippen LogP contribution is -1.97. The molecule has 2 aromatic heterocycles. The van der Waals surface area contributed by atoms with Crippen LogP contribution in [0.3, 0.4) is 0 Å². The van der Waals surface area contributed by atoms with Crippen molar-refractivity contribution in [2.45, 2.75) is 0 Å². The van der Waals surface area contributed by atoms with Gasteiger partial charge in [-0.25, -0.2) is 9.97 Å². The van der Waals surface area contributed by atoms with Gasteiger partial charge in [0.05, 0.1) is 19.0 Å². The molecule has 0 spiro atoms. The molecule has 3 rings (SSSR count). The molecule has 0 saturated heterocycles. The number of methoxy groups -OCH3 is 1. The van der Waals surface area contributed by atoms with E-state index in [0.29, 0.717) is 17.1 Å². The average molecular weight is 252 g/mol. The van der Waals surface area contributed by atoms with E-state index in [9.17, 15) is 0 Å². The molecule has 19 heavy (non-hydrogen) atoms. The van der Waals surface area contributed by atoms with Crippen LogP contribution < -0.4 is 10.5 Å². The van der Waals surface area contributed by atoms with E-state index in [1.165, 1.54) is 6.20 Å². The van der Waals surface area contributed by atoms with Crippen LogP contribution in [0.15, 0.2) is 42.7 Å². The summed E-state index contributed by atoms with van der Waals surface area (Å²) >= 11 is 0. The number of ether oxygens (including phenoxy) is 1. The molecule has 3 aromatic rings. The quantitative estimate of drug-likeness (QED) is 0.757. The molecule has 0 fully saturated rings. The molecule has 94 valence electrons. The highest BCUT2D eigenvalue weighted by molar-refractivity contribution is 5.94. The van der Waals surface area contributed by atoms with Gasteiger partial charge in [0.15, 0.2) is 0 Å². The zero-order valence-electron chi connectivity index (χ0n) is 10.4. The zero-order chi connectivity index (χ0) is 13.2. The number of aromatic nitrogens is 3. The standard InChI is InChI=1S/C14H12N4O/c1-19-11-6-5-9(10-4-2-3-7-16-10)13-14(11)18-12(15)8-17-13/h2-8H,1H3,(H2,15,18). The molecule has 0 amide bonds. The normalized spacial score (nSPS) is 10.6. The van der Waals surface area contributed by atoms with Gasteiger partial charge in [0, 0.05) is 11.8 Å². The Morgan fingerprint density at radius 1 is 1.05 bits per heavy atom. The van der Waals surface area contributed by atoms with Gasteiger partial charge in [-0.1, -0.05) is 6.07 Å². The molecule has 0 aliphatic rings. The van der Waals surface area contributed by atoms with E-state index in [4.69, 9.17) is 10.5 Å². The molecule has 0 aliphatic heterocycles. The van der Waals surface area contributed by atoms with Crippen molar-refractivity contribution in [3.05, 3.63) is 42.7 Å². The molecule has 0 atom stereocenters. The van der Waals surface area contributed by atoms with Gasteiger partial charge in [-0.2, -0.15) is 0 Å². The van der Waals surface area contributed by atoms with Crippen molar-refractivity contribution in [3.63, 3.8) is 0 Å². The van der Waals surface area contributed by atoms with E-state index in [-0.39, 0.29) is 0 Å². The van der Waals surface area contributed by atoms with Gasteiger partial charge >= 0.3 is 0 Å². The Balaban J connectivity index is 2.33. The van der Waals surface area contributed by atoms with E-state index < -0.39 is 0 Å². The summed E-state index contributed by atoms with van der Waals surface area (Å²) in [6.45, 7) is 0. The summed E-state index contributed by atoms with van der Waals surface area (Å²) in [5.41, 5.74) is 8.81. The molecule has 0 aliphatic carbocycles. The number of benzene rings is 1. The van der Waals surface area contributed by atoms with E-state index in [2.05, 4.69) is 15.0 Å². The number of rotatable bonds is 2. The topological polar surface area (TPSA) is 73.9 Å². The first-order valence-electron chi connectivity index (χ1n) is 5.80. The van der Waals surface area contributed by atoms with Gasteiger partial charge in [0.2, 0.25) is 0 Å². The molecule has 2 heterocycles. The summed E-state index contributed by atoms with van der Waals surface area (Å²) in [5.74, 6) is 1.01. The highest BCUT2D eigenvalue weighted by Gasteiger charge is 2.11. The van der Waals surface area contributed by atoms with E-state index >= 15 is 0 Å². The highest BCUT2D eigenvalue weighted by Crippen LogP contribution is 2.31. The zero-order valence-corrected chi connectivity index (χ0v) is 10.4. The fourth-order valence-electron chi connectivity index (χ4n) is 1.98. The number of hydrogen-bond donors (Lipinski definition) is 1. The average Bonchev–Trinajstić information content (AvgIpc) is 2.47. The van der Waals surface area contributed by atoms with Crippen LogP contribution >= 0.6 is 0 Å². The van der Waals surface area contributed by atoms with Crippen molar-refractivity contribution < 1.29 is 4.74 Å². The van der Waals surface area contributed by atoms with Gasteiger partial charge in [0.25, 0.3) is 0 Å². The Bertz CT molecular complexity index is 728. The fourth-order valence-corrected chi connectivity index (χ4v) is 1.98. The number of pyridine rings is 1. The third kappa shape index (κ3) is 1.95. The van der Waals surface area contributed by atoms with Crippen molar-refractivity contribution in [1.29, 1.82) is 0 Å². The van der Waals surface area contributed by atoms with Crippen LogP contribution in [0.5, 0.6) is 5.75 Å². The van der Waals surface area contributed by atoms with Gasteiger partial charge in [-0.05, 0) is 24.3 Å². The summed E-state index contributed by atoms with van der Waals surface area (Å²) in [5, 5.41) is 0. The van der Waals surface area contributed by atoms with Gasteiger partial charge < -0.3 is 10.5 Å². The first-order chi connectivity index (χ1) is 9.29. The molecule has 0 unspecified atom stereocenters. The van der Waals surface area contributed by atoms with Crippen LogP contribution in [-0.4, -0.2) is 22.1 Å². The Hall–Kier alpha value is -2.69. The maximum absolute atomic E-state index is 5.69. The molecule has 2 N–H and O–H groups in total. The van der Waals surface area contributed by atoms with Gasteiger partial charge in [-0.3, -0.25) is 4.98 Å². The second-order valence-electron chi connectivity index (χ2n) is 4.02. The summed E-state index contributed by atoms with van der Waals surface area (Å²) in [7, 11) is 1.60. The van der Waals surface area contributed by atoms with Gasteiger partial charge in [0.1, 0.15) is 22.6 Å². The Labute approximate surface area is 110 Å². The Morgan fingerprint density at radius 3 is 2.68 bits per heavy atom. The molecular weight excluding hydrogens is 240 g/mol. The van der Waals surface area contributed by atoms with Crippen LogP contribution in [0.4, 0.5) is 5.82 Å². The molecule has 5 nitrogen and oxygen atoms in total. The van der Waals surface area contributed by atoms with Crippen molar-refractivity contribution in [2.75, 3.05) is 12.8 Å². The van der Waals surface area contributed by atoms with Crippen molar-refractivity contribution in [3.8, 4) is 17.0 Å². The molecule has 0 saturated carbocycles. The summed E-state index contributed by atoms with van der Waals surface area (Å²) < 4.78 is 5.29. The van der Waals surface area contributed by atoms with E-state index in [1.54, 1.807) is 13.3 Å². The number of nitrogen functional groups attached to an aromatic ring is 1. The summed E-state index contributed by atoms with van der Waals surface area (Å²) in [6, 6.07) is 9.51. The molecule has 1 aromatic carbocycles. The van der Waals surface area contributed by atoms with Crippen molar-refractivity contribution >= 4 is 16.9 Å². The minimum Gasteiger partial charge on any atom is -0.494 e. The van der Waals surface area contributed by atoms with Crippen LogP contribution in [0.2, 0.25) is 0 Å². The summed E-state index contributed by atoms with van der Waals surface area (Å²) in [6.07, 6.45) is 3.28. The first kappa shape index (κ1) is 11.4. The number of hydrogen-bond acceptors (Lipinski definition) is 5. The monoisotopic (exact) mass is 252 g/mol. The first-order valence-corrected chi connectivity index (χ1v) is 5.80. The van der Waals surface area contributed by atoms with Crippen molar-refractivity contribution in [2.24, 2.45) is 0 Å². The molecule has 0 radical (unpaired) electrons. The fraction of sp³-hybridized carbons (Fsp3) is 0.0714. The van der Waals surface area contributed by atoms with Crippen LogP contribution in [0.25, 0.3) is 22.3 Å². The lowest BCUT2D eigenvalue weighted by atomic mass is 10.1. The van der Waals surface area contributed by atoms with Gasteiger partial charge in [-0.15, -0.1) is 0 Å². The second-order valence-corrected chi connectivity index (χ2v) is 4.02. The Morgan fingerprint density at radius 2 is 1.95 bits per heavy atom. The van der Waals surface area contributed by atoms with Crippen molar-refractivity contribution in [1.82, 2.24) is 15.0 Å². The van der Waals surface area contributed by atoms with Crippen LogP contribution in [-0.2, 0) is 0 Å². The predicted octanol–water partition coefficient (Wildman–Crippen LogP) is 2.28. The third-order valence-corrected chi connectivity index (χ3v) is 2.84. The van der Waals surface area contributed by atoms with E-state index in [0.717, 1.165) is 16.8 Å². The lowest BCUT2D eigenvalue weighted by Gasteiger charge is -2.09. The number of nitrogens with zero attached hydrogens (tertiary/aromatic N) is 3. The second kappa shape index (κ2) is 4.53. The molecule has 0 bridgehead atoms. The highest BCUT2D eigenvalue weighted by atomic mass is 16.5. The minimum atomic E-state index is 0.365. The molecule has 5 heteroatoms. The maximum atomic E-state index is 5.69. The summed E-state index contributed by atoms with van der Waals surface area (Å²) in [4.78, 5) is 13.0. The maximum Gasteiger partial charge on any atom is 0.146 e. The number of anilines is 1. The Kier molecular flexibility index (Phi) is 2.72. The number of nitrogens with two attached hydrogens (primary N) is 1. The SMILES string of the molecule is COc1ccc(-c2ccccn2)c2ncc(N)nc12. The minimum absolute atomic E-state index is 0.365.